The number of amides is 1. The number of rotatable bonds is 7. The summed E-state index contributed by atoms with van der Waals surface area (Å²) in [5.74, 6) is 1.67. The first-order valence-electron chi connectivity index (χ1n) is 10.6. The summed E-state index contributed by atoms with van der Waals surface area (Å²) in [6.07, 6.45) is 0.911. The van der Waals surface area contributed by atoms with Gasteiger partial charge >= 0.3 is 0 Å². The average Bonchev–Trinajstić information content (AvgIpc) is 2.75. The summed E-state index contributed by atoms with van der Waals surface area (Å²) < 4.78 is 19.8. The number of hydrogen-bond donors (Lipinski definition) is 0. The van der Waals surface area contributed by atoms with Crippen LogP contribution in [0.15, 0.2) is 24.3 Å². The molecule has 0 spiro atoms. The van der Waals surface area contributed by atoms with Crippen LogP contribution < -0.4 is 4.90 Å². The van der Waals surface area contributed by atoms with Crippen LogP contribution in [-0.4, -0.2) is 54.1 Å². The molecule has 1 amide bonds. The normalized spacial score (nSPS) is 14.5. The van der Waals surface area contributed by atoms with Gasteiger partial charge in [0, 0.05) is 57.6 Å². The number of aromatic nitrogens is 2. The molecule has 1 saturated heterocycles. The maximum Gasteiger partial charge on any atom is 0.222 e. The van der Waals surface area contributed by atoms with Crippen molar-refractivity contribution in [3.05, 3.63) is 52.7 Å². The van der Waals surface area contributed by atoms with Crippen LogP contribution in [0.25, 0.3) is 0 Å². The topological polar surface area (TPSA) is 58.6 Å². The second-order valence-corrected chi connectivity index (χ2v) is 7.91. The Labute approximate surface area is 178 Å². The summed E-state index contributed by atoms with van der Waals surface area (Å²) >= 11 is 0. The molecule has 1 aliphatic heterocycles. The minimum Gasteiger partial charge on any atom is -0.378 e. The van der Waals surface area contributed by atoms with Crippen molar-refractivity contribution in [2.24, 2.45) is 0 Å². The van der Waals surface area contributed by atoms with Gasteiger partial charge in [0.05, 0.1) is 12.3 Å². The monoisotopic (exact) mass is 414 g/mol. The lowest BCUT2D eigenvalue weighted by atomic mass is 10.0. The molecule has 0 atom stereocenters. The second-order valence-electron chi connectivity index (χ2n) is 7.91. The van der Waals surface area contributed by atoms with Crippen molar-refractivity contribution in [2.75, 3.05) is 38.2 Å². The number of carbonyl (C=O) groups excluding carboxylic acids is 1. The Morgan fingerprint density at radius 3 is 2.47 bits per heavy atom. The molecule has 30 heavy (non-hydrogen) atoms. The highest BCUT2D eigenvalue weighted by molar-refractivity contribution is 5.76. The standard InChI is InChI=1S/C23H31FN4O2/c1-5-21(29)27-10-12-28(13-11-27)23-18(14-17-8-6-7-9-19(17)24)20(15-30-4)25-22(26-23)16(2)3/h6-9,16H,5,10-15H2,1-4H3. The quantitative estimate of drug-likeness (QED) is 0.694. The van der Waals surface area contributed by atoms with E-state index in [-0.39, 0.29) is 17.6 Å². The molecule has 0 radical (unpaired) electrons. The zero-order valence-electron chi connectivity index (χ0n) is 18.3. The molecule has 2 heterocycles. The van der Waals surface area contributed by atoms with Crippen molar-refractivity contribution in [3.63, 3.8) is 0 Å². The Kier molecular flexibility index (Phi) is 7.37. The smallest absolute Gasteiger partial charge is 0.222 e. The van der Waals surface area contributed by atoms with Crippen LogP contribution in [0.1, 0.15) is 55.8 Å². The fraction of sp³-hybridized carbons (Fsp3) is 0.522. The first-order chi connectivity index (χ1) is 14.4. The van der Waals surface area contributed by atoms with Crippen LogP contribution in [0.5, 0.6) is 0 Å². The highest BCUT2D eigenvalue weighted by Crippen LogP contribution is 2.28. The lowest BCUT2D eigenvalue weighted by Crippen LogP contribution is -2.49. The summed E-state index contributed by atoms with van der Waals surface area (Å²) in [7, 11) is 1.64. The lowest BCUT2D eigenvalue weighted by molar-refractivity contribution is -0.131. The minimum absolute atomic E-state index is 0.157. The van der Waals surface area contributed by atoms with Gasteiger partial charge in [-0.2, -0.15) is 0 Å². The van der Waals surface area contributed by atoms with Crippen LogP contribution in [-0.2, 0) is 22.6 Å². The van der Waals surface area contributed by atoms with E-state index in [1.165, 1.54) is 6.07 Å². The van der Waals surface area contributed by atoms with E-state index >= 15 is 0 Å². The maximum absolute atomic E-state index is 14.4. The summed E-state index contributed by atoms with van der Waals surface area (Å²) in [4.78, 5) is 25.8. The first kappa shape index (κ1) is 22.2. The molecule has 1 fully saturated rings. The number of benzene rings is 1. The van der Waals surface area contributed by atoms with E-state index in [0.29, 0.717) is 51.2 Å². The number of piperazine rings is 1. The van der Waals surface area contributed by atoms with Gasteiger partial charge in [0.15, 0.2) is 0 Å². The maximum atomic E-state index is 14.4. The predicted octanol–water partition coefficient (Wildman–Crippen LogP) is 3.53. The molecule has 0 saturated carbocycles. The Morgan fingerprint density at radius 2 is 1.87 bits per heavy atom. The van der Waals surface area contributed by atoms with Crippen LogP contribution in [0, 0.1) is 5.82 Å². The number of ether oxygens (including phenoxy) is 1. The summed E-state index contributed by atoms with van der Waals surface area (Å²) in [6.45, 7) is 9.05. The molecule has 0 N–H and O–H groups in total. The van der Waals surface area contributed by atoms with Crippen molar-refractivity contribution < 1.29 is 13.9 Å². The van der Waals surface area contributed by atoms with Crippen molar-refractivity contribution in [1.29, 1.82) is 0 Å². The van der Waals surface area contributed by atoms with Crippen LogP contribution in [0.3, 0.4) is 0 Å². The van der Waals surface area contributed by atoms with E-state index in [1.807, 2.05) is 17.9 Å². The summed E-state index contributed by atoms with van der Waals surface area (Å²) in [5, 5.41) is 0. The largest absolute Gasteiger partial charge is 0.378 e. The van der Waals surface area contributed by atoms with Gasteiger partial charge in [0.1, 0.15) is 17.5 Å². The number of halogens is 1. The number of nitrogens with zero attached hydrogens (tertiary/aromatic N) is 4. The third kappa shape index (κ3) is 4.95. The van der Waals surface area contributed by atoms with Crippen molar-refractivity contribution in [3.8, 4) is 0 Å². The summed E-state index contributed by atoms with van der Waals surface area (Å²) in [6, 6.07) is 6.80. The molecule has 0 bridgehead atoms. The third-order valence-electron chi connectivity index (χ3n) is 5.45. The van der Waals surface area contributed by atoms with Gasteiger partial charge < -0.3 is 14.5 Å². The predicted molar refractivity (Wildman–Crippen MR) is 115 cm³/mol. The summed E-state index contributed by atoms with van der Waals surface area (Å²) in [5.41, 5.74) is 2.29. The average molecular weight is 415 g/mol. The zero-order chi connectivity index (χ0) is 21.7. The molecule has 7 heteroatoms. The number of anilines is 1. The SMILES string of the molecule is CCC(=O)N1CCN(c2nc(C(C)C)nc(COC)c2Cc2ccccc2F)CC1. The molecule has 0 aliphatic carbocycles. The Balaban J connectivity index is 2.00. The van der Waals surface area contributed by atoms with Crippen LogP contribution >= 0.6 is 0 Å². The van der Waals surface area contributed by atoms with Crippen LogP contribution in [0.2, 0.25) is 0 Å². The van der Waals surface area contributed by atoms with E-state index in [2.05, 4.69) is 18.7 Å². The number of hydrogen-bond acceptors (Lipinski definition) is 5. The molecule has 6 nitrogen and oxygen atoms in total. The molecule has 1 aromatic carbocycles. The fourth-order valence-electron chi connectivity index (χ4n) is 3.72. The third-order valence-corrected chi connectivity index (χ3v) is 5.45. The van der Waals surface area contributed by atoms with Crippen molar-refractivity contribution in [2.45, 2.75) is 46.1 Å². The molecule has 1 aliphatic rings. The van der Waals surface area contributed by atoms with Gasteiger partial charge in [0.2, 0.25) is 5.91 Å². The molecular weight excluding hydrogens is 383 g/mol. The van der Waals surface area contributed by atoms with Gasteiger partial charge in [-0.15, -0.1) is 0 Å². The van der Waals surface area contributed by atoms with E-state index in [0.717, 1.165) is 22.9 Å². The fourth-order valence-corrected chi connectivity index (χ4v) is 3.72. The second kappa shape index (κ2) is 9.98. The lowest BCUT2D eigenvalue weighted by Gasteiger charge is -2.36. The Bertz CT molecular complexity index is 880. The van der Waals surface area contributed by atoms with E-state index in [9.17, 15) is 9.18 Å². The van der Waals surface area contributed by atoms with Crippen molar-refractivity contribution >= 4 is 11.7 Å². The number of methoxy groups -OCH3 is 1. The number of carbonyl (C=O) groups is 1. The van der Waals surface area contributed by atoms with E-state index in [1.54, 1.807) is 19.2 Å². The minimum atomic E-state index is -0.238. The first-order valence-corrected chi connectivity index (χ1v) is 10.6. The molecule has 2 aromatic rings. The van der Waals surface area contributed by atoms with Crippen LogP contribution in [0.4, 0.5) is 10.2 Å². The molecule has 0 unspecified atom stereocenters. The van der Waals surface area contributed by atoms with Gasteiger partial charge in [-0.3, -0.25) is 4.79 Å². The highest BCUT2D eigenvalue weighted by atomic mass is 19.1. The van der Waals surface area contributed by atoms with Gasteiger partial charge in [-0.25, -0.2) is 14.4 Å². The Morgan fingerprint density at radius 1 is 1.17 bits per heavy atom. The Hall–Kier alpha value is -2.54. The highest BCUT2D eigenvalue weighted by Gasteiger charge is 2.26. The molecule has 3 rings (SSSR count). The van der Waals surface area contributed by atoms with E-state index < -0.39 is 0 Å². The van der Waals surface area contributed by atoms with E-state index in [4.69, 9.17) is 14.7 Å². The molecular formula is C23H31FN4O2. The van der Waals surface area contributed by atoms with Gasteiger partial charge in [-0.05, 0) is 11.6 Å². The zero-order valence-corrected chi connectivity index (χ0v) is 18.3. The molecule has 1 aromatic heterocycles. The molecule has 162 valence electrons. The van der Waals surface area contributed by atoms with Crippen molar-refractivity contribution in [1.82, 2.24) is 14.9 Å². The van der Waals surface area contributed by atoms with Gasteiger partial charge in [-0.1, -0.05) is 39.0 Å². The van der Waals surface area contributed by atoms with Gasteiger partial charge in [0.25, 0.3) is 0 Å².